The van der Waals surface area contributed by atoms with E-state index in [1.165, 1.54) is 5.06 Å². The van der Waals surface area contributed by atoms with Crippen molar-refractivity contribution >= 4 is 17.5 Å². The summed E-state index contributed by atoms with van der Waals surface area (Å²) < 4.78 is 0. The van der Waals surface area contributed by atoms with Crippen LogP contribution < -0.4 is 0 Å². The molecule has 2 rings (SSSR count). The van der Waals surface area contributed by atoms with Crippen LogP contribution >= 0.6 is 11.6 Å². The highest BCUT2D eigenvalue weighted by atomic mass is 35.5. The van der Waals surface area contributed by atoms with E-state index >= 15 is 0 Å². The summed E-state index contributed by atoms with van der Waals surface area (Å²) in [4.78, 5) is 17.8. The SMILES string of the molecule is CC(C)(C)C(=O)N1OCC[C@@H]1c1ccc(Cl)cc1. The zero-order valence-corrected chi connectivity index (χ0v) is 11.7. The molecule has 1 aliphatic rings. The third-order valence-corrected chi connectivity index (χ3v) is 3.25. The number of halogens is 1. The van der Waals surface area contributed by atoms with Gasteiger partial charge in [-0.05, 0) is 17.7 Å². The van der Waals surface area contributed by atoms with Crippen molar-refractivity contribution in [1.29, 1.82) is 0 Å². The Morgan fingerprint density at radius 2 is 1.94 bits per heavy atom. The molecule has 1 heterocycles. The average Bonchev–Trinajstić information content (AvgIpc) is 2.76. The second-order valence-corrected chi connectivity index (χ2v) is 6.01. The van der Waals surface area contributed by atoms with Crippen molar-refractivity contribution in [1.82, 2.24) is 5.06 Å². The third kappa shape index (κ3) is 2.68. The summed E-state index contributed by atoms with van der Waals surface area (Å²) in [5, 5.41) is 2.22. The van der Waals surface area contributed by atoms with Crippen LogP contribution in [0.15, 0.2) is 24.3 Å². The van der Waals surface area contributed by atoms with Gasteiger partial charge in [-0.2, -0.15) is 0 Å². The van der Waals surface area contributed by atoms with Gasteiger partial charge in [-0.25, -0.2) is 5.06 Å². The van der Waals surface area contributed by atoms with Crippen molar-refractivity contribution in [3.05, 3.63) is 34.9 Å². The minimum Gasteiger partial charge on any atom is -0.272 e. The van der Waals surface area contributed by atoms with Crippen LogP contribution in [0.5, 0.6) is 0 Å². The van der Waals surface area contributed by atoms with Gasteiger partial charge in [0.15, 0.2) is 0 Å². The summed E-state index contributed by atoms with van der Waals surface area (Å²) >= 11 is 5.88. The fourth-order valence-electron chi connectivity index (χ4n) is 1.99. The lowest BCUT2D eigenvalue weighted by molar-refractivity contribution is -0.186. The maximum atomic E-state index is 12.3. The molecular formula is C14H18ClNO2. The number of benzene rings is 1. The molecule has 0 aliphatic carbocycles. The van der Waals surface area contributed by atoms with Crippen LogP contribution in [0.2, 0.25) is 5.02 Å². The highest BCUT2D eigenvalue weighted by Gasteiger charge is 2.37. The summed E-state index contributed by atoms with van der Waals surface area (Å²) in [5.41, 5.74) is 0.629. The van der Waals surface area contributed by atoms with Crippen molar-refractivity contribution in [3.63, 3.8) is 0 Å². The van der Waals surface area contributed by atoms with Crippen LogP contribution in [-0.4, -0.2) is 17.6 Å². The number of nitrogens with zero attached hydrogens (tertiary/aromatic N) is 1. The quantitative estimate of drug-likeness (QED) is 0.778. The number of amides is 1. The van der Waals surface area contributed by atoms with Crippen LogP contribution in [0.3, 0.4) is 0 Å². The maximum absolute atomic E-state index is 12.3. The molecule has 0 saturated carbocycles. The fraction of sp³-hybridized carbons (Fsp3) is 0.500. The maximum Gasteiger partial charge on any atom is 0.252 e. The molecule has 0 spiro atoms. The Kier molecular flexibility index (Phi) is 3.64. The Balaban J connectivity index is 2.22. The Morgan fingerprint density at radius 3 is 2.50 bits per heavy atom. The third-order valence-electron chi connectivity index (χ3n) is 3.00. The molecule has 1 saturated heterocycles. The zero-order chi connectivity index (χ0) is 13.3. The number of rotatable bonds is 1. The Labute approximate surface area is 113 Å². The van der Waals surface area contributed by atoms with Crippen molar-refractivity contribution in [2.75, 3.05) is 6.61 Å². The van der Waals surface area contributed by atoms with Gasteiger partial charge in [0, 0.05) is 16.9 Å². The number of carbonyl (C=O) groups is 1. The molecular weight excluding hydrogens is 250 g/mol. The number of hydrogen-bond donors (Lipinski definition) is 0. The summed E-state index contributed by atoms with van der Waals surface area (Å²) in [6.07, 6.45) is 0.823. The van der Waals surface area contributed by atoms with E-state index in [0.29, 0.717) is 11.6 Å². The predicted octanol–water partition coefficient (Wildman–Crippen LogP) is 3.59. The van der Waals surface area contributed by atoms with Crippen LogP contribution in [0, 0.1) is 5.41 Å². The molecule has 0 unspecified atom stereocenters. The van der Waals surface area contributed by atoms with Gasteiger partial charge in [0.25, 0.3) is 5.91 Å². The Hall–Kier alpha value is -1.06. The Morgan fingerprint density at radius 1 is 1.33 bits per heavy atom. The zero-order valence-electron chi connectivity index (χ0n) is 10.9. The van der Waals surface area contributed by atoms with Crippen LogP contribution in [-0.2, 0) is 9.63 Å². The largest absolute Gasteiger partial charge is 0.272 e. The molecule has 18 heavy (non-hydrogen) atoms. The lowest BCUT2D eigenvalue weighted by atomic mass is 9.94. The van der Waals surface area contributed by atoms with Gasteiger partial charge >= 0.3 is 0 Å². The second-order valence-electron chi connectivity index (χ2n) is 5.57. The topological polar surface area (TPSA) is 29.5 Å². The van der Waals surface area contributed by atoms with Crippen molar-refractivity contribution in [3.8, 4) is 0 Å². The van der Waals surface area contributed by atoms with E-state index < -0.39 is 5.41 Å². The summed E-state index contributed by atoms with van der Waals surface area (Å²) in [5.74, 6) is 0.0138. The monoisotopic (exact) mass is 267 g/mol. The number of hydrogen-bond acceptors (Lipinski definition) is 2. The molecule has 0 bridgehead atoms. The van der Waals surface area contributed by atoms with Crippen molar-refractivity contribution in [2.45, 2.75) is 33.2 Å². The molecule has 3 nitrogen and oxygen atoms in total. The molecule has 0 radical (unpaired) electrons. The molecule has 1 atom stereocenters. The van der Waals surface area contributed by atoms with Gasteiger partial charge in [-0.1, -0.05) is 44.5 Å². The van der Waals surface area contributed by atoms with Gasteiger partial charge in [0.05, 0.1) is 12.6 Å². The van der Waals surface area contributed by atoms with E-state index in [4.69, 9.17) is 16.4 Å². The van der Waals surface area contributed by atoms with Crippen LogP contribution in [0.1, 0.15) is 38.8 Å². The number of hydroxylamine groups is 2. The molecule has 1 fully saturated rings. The Bertz CT molecular complexity index is 436. The molecule has 1 amide bonds. The average molecular weight is 268 g/mol. The van der Waals surface area contributed by atoms with E-state index in [1.54, 1.807) is 0 Å². The minimum atomic E-state index is -0.436. The predicted molar refractivity (Wildman–Crippen MR) is 71.1 cm³/mol. The standard InChI is InChI=1S/C14H18ClNO2/c1-14(2,3)13(17)16-12(8-9-18-16)10-4-6-11(15)7-5-10/h4-7,12H,8-9H2,1-3H3/t12-/m1/s1. The second kappa shape index (κ2) is 4.90. The molecule has 1 aliphatic heterocycles. The molecule has 4 heteroatoms. The smallest absolute Gasteiger partial charge is 0.252 e. The first-order valence-corrected chi connectivity index (χ1v) is 6.49. The first-order chi connectivity index (χ1) is 8.39. The van der Waals surface area contributed by atoms with E-state index in [2.05, 4.69) is 0 Å². The summed E-state index contributed by atoms with van der Waals surface area (Å²) in [6.45, 7) is 6.27. The lowest BCUT2D eigenvalue weighted by Crippen LogP contribution is -2.38. The van der Waals surface area contributed by atoms with Crippen molar-refractivity contribution in [2.24, 2.45) is 5.41 Å². The first-order valence-electron chi connectivity index (χ1n) is 6.11. The van der Waals surface area contributed by atoms with Gasteiger partial charge in [-0.15, -0.1) is 0 Å². The van der Waals surface area contributed by atoms with E-state index in [-0.39, 0.29) is 11.9 Å². The minimum absolute atomic E-state index is 0.00556. The number of carbonyl (C=O) groups excluding carboxylic acids is 1. The van der Waals surface area contributed by atoms with Crippen LogP contribution in [0.4, 0.5) is 0 Å². The highest BCUT2D eigenvalue weighted by Crippen LogP contribution is 2.34. The fourth-order valence-corrected chi connectivity index (χ4v) is 2.11. The van der Waals surface area contributed by atoms with Crippen molar-refractivity contribution < 1.29 is 9.63 Å². The van der Waals surface area contributed by atoms with Gasteiger partial charge in [-0.3, -0.25) is 9.63 Å². The molecule has 1 aromatic rings. The van der Waals surface area contributed by atoms with E-state index in [1.807, 2.05) is 45.0 Å². The first kappa shape index (κ1) is 13.4. The van der Waals surface area contributed by atoms with E-state index in [0.717, 1.165) is 12.0 Å². The normalized spacial score (nSPS) is 20.2. The molecule has 0 N–H and O–H groups in total. The van der Waals surface area contributed by atoms with E-state index in [9.17, 15) is 4.79 Å². The van der Waals surface area contributed by atoms with Gasteiger partial charge < -0.3 is 0 Å². The van der Waals surface area contributed by atoms with Gasteiger partial charge in [0.2, 0.25) is 0 Å². The summed E-state index contributed by atoms with van der Waals surface area (Å²) in [6, 6.07) is 7.58. The summed E-state index contributed by atoms with van der Waals surface area (Å²) in [7, 11) is 0. The van der Waals surface area contributed by atoms with Crippen LogP contribution in [0.25, 0.3) is 0 Å². The molecule has 0 aromatic heterocycles. The highest BCUT2D eigenvalue weighted by molar-refractivity contribution is 6.30. The molecule has 1 aromatic carbocycles. The lowest BCUT2D eigenvalue weighted by Gasteiger charge is -2.29. The van der Waals surface area contributed by atoms with Gasteiger partial charge in [0.1, 0.15) is 0 Å². The molecule has 98 valence electrons.